The van der Waals surface area contributed by atoms with Crippen LogP contribution in [0.1, 0.15) is 22.3 Å². The molecule has 31 heavy (non-hydrogen) atoms. The lowest BCUT2D eigenvalue weighted by Gasteiger charge is -2.22. The van der Waals surface area contributed by atoms with Crippen LogP contribution in [0.4, 0.5) is 10.1 Å². The van der Waals surface area contributed by atoms with Crippen LogP contribution in [0, 0.1) is 26.6 Å². The third-order valence-corrected chi connectivity index (χ3v) is 6.97. The lowest BCUT2D eigenvalue weighted by molar-refractivity contribution is -0.116. The Bertz CT molecular complexity index is 1190. The van der Waals surface area contributed by atoms with Crippen molar-refractivity contribution < 1.29 is 17.6 Å². The SMILES string of the molecule is Cc1ccc(S(=O)(=O)N(CC(=O)Nc2cccc(C)c2C)Cc2ccccc2F)cc1. The predicted molar refractivity (Wildman–Crippen MR) is 120 cm³/mol. The van der Waals surface area contributed by atoms with E-state index in [0.29, 0.717) is 5.69 Å². The van der Waals surface area contributed by atoms with E-state index < -0.39 is 28.3 Å². The van der Waals surface area contributed by atoms with Crippen molar-refractivity contribution in [1.82, 2.24) is 4.31 Å². The summed E-state index contributed by atoms with van der Waals surface area (Å²) in [5.41, 5.74) is 3.62. The topological polar surface area (TPSA) is 66.5 Å². The number of anilines is 1. The third kappa shape index (κ3) is 5.37. The average Bonchev–Trinajstić information content (AvgIpc) is 2.73. The molecule has 162 valence electrons. The molecule has 0 atom stereocenters. The number of carbonyl (C=O) groups is 1. The predicted octanol–water partition coefficient (Wildman–Crippen LogP) is 4.58. The van der Waals surface area contributed by atoms with Crippen LogP contribution in [0.15, 0.2) is 71.6 Å². The van der Waals surface area contributed by atoms with Gasteiger partial charge >= 0.3 is 0 Å². The number of nitrogens with one attached hydrogen (secondary N) is 1. The van der Waals surface area contributed by atoms with Gasteiger partial charge in [-0.3, -0.25) is 4.79 Å². The lowest BCUT2D eigenvalue weighted by Crippen LogP contribution is -2.38. The number of halogens is 1. The molecule has 0 heterocycles. The van der Waals surface area contributed by atoms with E-state index in [1.165, 1.54) is 30.3 Å². The second-order valence-corrected chi connectivity index (χ2v) is 9.41. The summed E-state index contributed by atoms with van der Waals surface area (Å²) in [6.07, 6.45) is 0. The van der Waals surface area contributed by atoms with Crippen LogP contribution in [0.2, 0.25) is 0 Å². The molecule has 1 amide bonds. The van der Waals surface area contributed by atoms with E-state index in [1.54, 1.807) is 24.3 Å². The van der Waals surface area contributed by atoms with Crippen molar-refractivity contribution in [3.05, 3.63) is 94.8 Å². The van der Waals surface area contributed by atoms with E-state index in [9.17, 15) is 17.6 Å². The van der Waals surface area contributed by atoms with Crippen molar-refractivity contribution in [2.45, 2.75) is 32.2 Å². The number of benzene rings is 3. The summed E-state index contributed by atoms with van der Waals surface area (Å²) in [6, 6.07) is 17.8. The van der Waals surface area contributed by atoms with Gasteiger partial charge in [0, 0.05) is 17.8 Å². The van der Waals surface area contributed by atoms with Gasteiger partial charge in [0.15, 0.2) is 0 Å². The molecule has 0 aliphatic carbocycles. The molecular weight excluding hydrogens is 415 g/mol. The van der Waals surface area contributed by atoms with E-state index in [2.05, 4.69) is 5.32 Å². The van der Waals surface area contributed by atoms with Crippen molar-refractivity contribution >= 4 is 21.6 Å². The van der Waals surface area contributed by atoms with Crippen LogP contribution in [0.25, 0.3) is 0 Å². The highest BCUT2D eigenvalue weighted by molar-refractivity contribution is 7.89. The van der Waals surface area contributed by atoms with Gasteiger partial charge < -0.3 is 5.32 Å². The Balaban J connectivity index is 1.91. The maximum atomic E-state index is 14.3. The average molecular weight is 441 g/mol. The number of amides is 1. The van der Waals surface area contributed by atoms with Crippen LogP contribution >= 0.6 is 0 Å². The lowest BCUT2D eigenvalue weighted by atomic mass is 10.1. The van der Waals surface area contributed by atoms with E-state index in [4.69, 9.17) is 0 Å². The van der Waals surface area contributed by atoms with Crippen LogP contribution in [-0.2, 0) is 21.4 Å². The Morgan fingerprint density at radius 3 is 2.29 bits per heavy atom. The molecule has 0 aliphatic rings. The second-order valence-electron chi connectivity index (χ2n) is 7.47. The Morgan fingerprint density at radius 2 is 1.61 bits per heavy atom. The van der Waals surface area contributed by atoms with Crippen LogP contribution < -0.4 is 5.32 Å². The highest BCUT2D eigenvalue weighted by Crippen LogP contribution is 2.22. The zero-order valence-corrected chi connectivity index (χ0v) is 18.5. The molecule has 3 aromatic rings. The number of nitrogens with zero attached hydrogens (tertiary/aromatic N) is 1. The molecular formula is C24H25FN2O3S. The summed E-state index contributed by atoms with van der Waals surface area (Å²) in [7, 11) is -4.03. The van der Waals surface area contributed by atoms with Crippen molar-refractivity contribution in [1.29, 1.82) is 0 Å². The molecule has 0 aliphatic heterocycles. The van der Waals surface area contributed by atoms with Gasteiger partial charge in [-0.15, -0.1) is 0 Å². The Labute approximate surface area is 182 Å². The number of sulfonamides is 1. The first-order chi connectivity index (χ1) is 14.7. The smallest absolute Gasteiger partial charge is 0.243 e. The molecule has 0 aromatic heterocycles. The second kappa shape index (κ2) is 9.41. The minimum atomic E-state index is -4.03. The molecule has 0 saturated heterocycles. The summed E-state index contributed by atoms with van der Waals surface area (Å²) in [6.45, 7) is 4.95. The molecule has 0 fully saturated rings. The summed E-state index contributed by atoms with van der Waals surface area (Å²) >= 11 is 0. The molecule has 7 heteroatoms. The molecule has 5 nitrogen and oxygen atoms in total. The van der Waals surface area contributed by atoms with Gasteiger partial charge in [0.2, 0.25) is 15.9 Å². The number of carbonyl (C=O) groups excluding carboxylic acids is 1. The number of rotatable bonds is 7. The fraction of sp³-hybridized carbons (Fsp3) is 0.208. The van der Waals surface area contributed by atoms with E-state index >= 15 is 0 Å². The molecule has 3 aromatic carbocycles. The van der Waals surface area contributed by atoms with Gasteiger partial charge in [-0.25, -0.2) is 12.8 Å². The zero-order valence-electron chi connectivity index (χ0n) is 17.7. The van der Waals surface area contributed by atoms with E-state index in [1.807, 2.05) is 32.9 Å². The van der Waals surface area contributed by atoms with Crippen LogP contribution in [-0.4, -0.2) is 25.2 Å². The molecule has 0 radical (unpaired) electrons. The third-order valence-electron chi connectivity index (χ3n) is 5.16. The maximum Gasteiger partial charge on any atom is 0.243 e. The van der Waals surface area contributed by atoms with Gasteiger partial charge in [-0.2, -0.15) is 4.31 Å². The number of hydrogen-bond acceptors (Lipinski definition) is 3. The number of hydrogen-bond donors (Lipinski definition) is 1. The first-order valence-corrected chi connectivity index (χ1v) is 11.3. The first kappa shape index (κ1) is 22.7. The quantitative estimate of drug-likeness (QED) is 0.585. The fourth-order valence-electron chi connectivity index (χ4n) is 3.14. The molecule has 0 saturated carbocycles. The molecule has 1 N–H and O–H groups in total. The molecule has 0 spiro atoms. The van der Waals surface area contributed by atoms with E-state index in [-0.39, 0.29) is 17.0 Å². The normalized spacial score (nSPS) is 11.5. The summed E-state index contributed by atoms with van der Waals surface area (Å²) < 4.78 is 41.8. The van der Waals surface area contributed by atoms with Gasteiger partial charge in [-0.1, -0.05) is 48.0 Å². The zero-order chi connectivity index (χ0) is 22.6. The molecule has 0 bridgehead atoms. The van der Waals surface area contributed by atoms with Gasteiger partial charge in [-0.05, 0) is 56.2 Å². The summed E-state index contributed by atoms with van der Waals surface area (Å²) in [5.74, 6) is -1.03. The first-order valence-electron chi connectivity index (χ1n) is 9.85. The Hall–Kier alpha value is -3.03. The van der Waals surface area contributed by atoms with Crippen molar-refractivity contribution in [3.8, 4) is 0 Å². The monoisotopic (exact) mass is 440 g/mol. The van der Waals surface area contributed by atoms with Gasteiger partial charge in [0.1, 0.15) is 5.82 Å². The highest BCUT2D eigenvalue weighted by Gasteiger charge is 2.28. The maximum absolute atomic E-state index is 14.3. The largest absolute Gasteiger partial charge is 0.325 e. The minimum absolute atomic E-state index is 0.0500. The molecule has 3 rings (SSSR count). The minimum Gasteiger partial charge on any atom is -0.325 e. The number of aryl methyl sites for hydroxylation is 2. The van der Waals surface area contributed by atoms with Gasteiger partial charge in [0.25, 0.3) is 0 Å². The Kier molecular flexibility index (Phi) is 6.87. The summed E-state index contributed by atoms with van der Waals surface area (Å²) in [4.78, 5) is 12.8. The van der Waals surface area contributed by atoms with Crippen molar-refractivity contribution in [3.63, 3.8) is 0 Å². The van der Waals surface area contributed by atoms with Crippen LogP contribution in [0.5, 0.6) is 0 Å². The Morgan fingerprint density at radius 1 is 0.935 bits per heavy atom. The summed E-state index contributed by atoms with van der Waals surface area (Å²) in [5, 5.41) is 2.78. The van der Waals surface area contributed by atoms with E-state index in [0.717, 1.165) is 21.0 Å². The van der Waals surface area contributed by atoms with Gasteiger partial charge in [0.05, 0.1) is 11.4 Å². The molecule has 0 unspecified atom stereocenters. The standard InChI is InChI=1S/C24H25FN2O3S/c1-17-11-13-21(14-12-17)31(29,30)27(15-20-8-4-5-9-22(20)25)16-24(28)26-23-10-6-7-18(2)19(23)3/h4-14H,15-16H2,1-3H3,(H,26,28). The highest BCUT2D eigenvalue weighted by atomic mass is 32.2. The fourth-order valence-corrected chi connectivity index (χ4v) is 4.51. The van der Waals surface area contributed by atoms with Crippen LogP contribution in [0.3, 0.4) is 0 Å². The van der Waals surface area contributed by atoms with Crippen molar-refractivity contribution in [2.24, 2.45) is 0 Å². The van der Waals surface area contributed by atoms with Crippen molar-refractivity contribution in [2.75, 3.05) is 11.9 Å².